The highest BCUT2D eigenvalue weighted by Crippen LogP contribution is 2.39. The SMILES string of the molecule is CCCCc1cccc2c1oc1cc(-c3ccc4c(c3)c3ccccc3n4-c3ccccc3-c3nc(-c4ccccc4)nc(-c4ccccc4)n3)ccc12. The lowest BCUT2D eigenvalue weighted by Crippen LogP contribution is -2.03. The highest BCUT2D eigenvalue weighted by molar-refractivity contribution is 6.11. The molecule has 0 aliphatic heterocycles. The Kier molecular flexibility index (Phi) is 7.84. The molecule has 5 heteroatoms. The Morgan fingerprint density at radius 3 is 1.89 bits per heavy atom. The molecule has 0 atom stereocenters. The average Bonchev–Trinajstić information content (AvgIpc) is 3.79. The van der Waals surface area contributed by atoms with E-state index >= 15 is 0 Å². The number of unbranched alkanes of at least 4 members (excludes halogenated alkanes) is 1. The van der Waals surface area contributed by atoms with Gasteiger partial charge in [0.25, 0.3) is 0 Å². The van der Waals surface area contributed by atoms with E-state index in [4.69, 9.17) is 19.4 Å². The Morgan fingerprint density at radius 2 is 1.11 bits per heavy atom. The number of hydrogen-bond donors (Lipinski definition) is 0. The van der Waals surface area contributed by atoms with E-state index in [0.717, 1.165) is 80.4 Å². The molecule has 3 heterocycles. The number of fused-ring (bicyclic) bond motifs is 6. The zero-order chi connectivity index (χ0) is 36.0. The average molecular weight is 697 g/mol. The van der Waals surface area contributed by atoms with Crippen molar-refractivity contribution in [1.82, 2.24) is 19.5 Å². The van der Waals surface area contributed by atoms with E-state index in [2.05, 4.69) is 115 Å². The van der Waals surface area contributed by atoms with Gasteiger partial charge in [-0.3, -0.25) is 0 Å². The van der Waals surface area contributed by atoms with Crippen molar-refractivity contribution in [2.75, 3.05) is 0 Å². The number of para-hydroxylation sites is 3. The summed E-state index contributed by atoms with van der Waals surface area (Å²) in [6, 6.07) is 57.2. The normalized spacial score (nSPS) is 11.6. The van der Waals surface area contributed by atoms with Gasteiger partial charge in [-0.05, 0) is 72.0 Å². The molecule has 54 heavy (non-hydrogen) atoms. The van der Waals surface area contributed by atoms with Crippen LogP contribution in [-0.2, 0) is 6.42 Å². The zero-order valence-electron chi connectivity index (χ0n) is 29.9. The Morgan fingerprint density at radius 1 is 0.481 bits per heavy atom. The fourth-order valence-electron chi connectivity index (χ4n) is 7.80. The van der Waals surface area contributed by atoms with Gasteiger partial charge in [0, 0.05) is 38.2 Å². The van der Waals surface area contributed by atoms with Crippen LogP contribution in [0.2, 0.25) is 0 Å². The minimum absolute atomic E-state index is 0.623. The van der Waals surface area contributed by atoms with Gasteiger partial charge in [-0.25, -0.2) is 15.0 Å². The molecule has 3 aromatic heterocycles. The molecule has 258 valence electrons. The molecule has 0 spiro atoms. The first-order chi connectivity index (χ1) is 26.7. The molecule has 0 aliphatic rings. The van der Waals surface area contributed by atoms with E-state index < -0.39 is 0 Å². The van der Waals surface area contributed by atoms with Gasteiger partial charge in [0.15, 0.2) is 17.5 Å². The third kappa shape index (κ3) is 5.44. The molecule has 0 unspecified atom stereocenters. The van der Waals surface area contributed by atoms with Crippen LogP contribution in [0.5, 0.6) is 0 Å². The van der Waals surface area contributed by atoms with Gasteiger partial charge < -0.3 is 8.98 Å². The second-order valence-corrected chi connectivity index (χ2v) is 13.9. The molecule has 10 aromatic rings. The molecule has 10 rings (SSSR count). The third-order valence-corrected chi connectivity index (χ3v) is 10.5. The van der Waals surface area contributed by atoms with Gasteiger partial charge in [0.1, 0.15) is 11.2 Å². The van der Waals surface area contributed by atoms with Crippen LogP contribution in [0.15, 0.2) is 168 Å². The van der Waals surface area contributed by atoms with Crippen LogP contribution < -0.4 is 0 Å². The first-order valence-corrected chi connectivity index (χ1v) is 18.7. The summed E-state index contributed by atoms with van der Waals surface area (Å²) < 4.78 is 8.92. The molecule has 0 N–H and O–H groups in total. The number of rotatable bonds is 8. The summed E-state index contributed by atoms with van der Waals surface area (Å²) >= 11 is 0. The smallest absolute Gasteiger partial charge is 0.166 e. The minimum Gasteiger partial charge on any atom is -0.456 e. The van der Waals surface area contributed by atoms with E-state index in [1.54, 1.807) is 0 Å². The summed E-state index contributed by atoms with van der Waals surface area (Å²) in [5.41, 5.74) is 11.5. The van der Waals surface area contributed by atoms with Gasteiger partial charge in [0.2, 0.25) is 0 Å². The van der Waals surface area contributed by atoms with E-state index in [9.17, 15) is 0 Å². The summed E-state index contributed by atoms with van der Waals surface area (Å²) in [6.07, 6.45) is 3.34. The van der Waals surface area contributed by atoms with Crippen LogP contribution in [-0.4, -0.2) is 19.5 Å². The van der Waals surface area contributed by atoms with Crippen LogP contribution in [0.3, 0.4) is 0 Å². The molecular formula is C49H36N4O. The largest absolute Gasteiger partial charge is 0.456 e. The van der Waals surface area contributed by atoms with Gasteiger partial charge in [-0.15, -0.1) is 0 Å². The number of benzene rings is 7. The quantitative estimate of drug-likeness (QED) is 0.159. The lowest BCUT2D eigenvalue weighted by molar-refractivity contribution is 0.658. The van der Waals surface area contributed by atoms with E-state index in [1.807, 2.05) is 60.7 Å². The second kappa shape index (κ2) is 13.3. The van der Waals surface area contributed by atoms with Crippen molar-refractivity contribution >= 4 is 43.7 Å². The van der Waals surface area contributed by atoms with Crippen molar-refractivity contribution in [3.63, 3.8) is 0 Å². The fraction of sp³-hybridized carbons (Fsp3) is 0.0816. The summed E-state index contributed by atoms with van der Waals surface area (Å²) in [4.78, 5) is 15.1. The number of nitrogens with zero attached hydrogens (tertiary/aromatic N) is 4. The Hall–Kier alpha value is -6.85. The highest BCUT2D eigenvalue weighted by atomic mass is 16.3. The standard InChI is InChI=1S/C49H36N4O/c1-2-3-15-32-20-14-23-39-38-28-26-36(31-45(38)54-46(32)39)35-27-29-44-41(30-35)37-21-10-12-24-42(37)53(44)43-25-13-11-22-40(43)49-51-47(33-16-6-4-7-17-33)50-48(52-49)34-18-8-5-9-19-34/h4-14,16-31H,2-3,15H2,1H3. The lowest BCUT2D eigenvalue weighted by Gasteiger charge is -2.14. The minimum atomic E-state index is 0.623. The monoisotopic (exact) mass is 696 g/mol. The third-order valence-electron chi connectivity index (χ3n) is 10.5. The molecule has 0 fully saturated rings. The molecule has 0 saturated carbocycles. The van der Waals surface area contributed by atoms with E-state index in [0.29, 0.717) is 17.5 Å². The lowest BCUT2D eigenvalue weighted by atomic mass is 10.0. The highest BCUT2D eigenvalue weighted by Gasteiger charge is 2.20. The molecule has 0 saturated heterocycles. The van der Waals surface area contributed by atoms with Gasteiger partial charge in [0.05, 0.1) is 16.7 Å². The summed E-state index contributed by atoms with van der Waals surface area (Å²) in [7, 11) is 0. The van der Waals surface area contributed by atoms with Crippen LogP contribution >= 0.6 is 0 Å². The molecule has 0 amide bonds. The number of hydrogen-bond acceptors (Lipinski definition) is 4. The Labute approximate surface area is 313 Å². The van der Waals surface area contributed by atoms with Crippen LogP contribution in [0, 0.1) is 0 Å². The first-order valence-electron chi connectivity index (χ1n) is 18.7. The summed E-state index contributed by atoms with van der Waals surface area (Å²) in [6.45, 7) is 2.23. The van der Waals surface area contributed by atoms with Crippen LogP contribution in [0.4, 0.5) is 0 Å². The van der Waals surface area contributed by atoms with Gasteiger partial charge >= 0.3 is 0 Å². The van der Waals surface area contributed by atoms with Crippen LogP contribution in [0.25, 0.3) is 94.7 Å². The summed E-state index contributed by atoms with van der Waals surface area (Å²) in [5, 5.41) is 4.70. The van der Waals surface area contributed by atoms with Crippen molar-refractivity contribution in [3.05, 3.63) is 169 Å². The molecule has 0 radical (unpaired) electrons. The van der Waals surface area contributed by atoms with Gasteiger partial charge in [-0.1, -0.05) is 135 Å². The first kappa shape index (κ1) is 31.9. The molecular weight excluding hydrogens is 661 g/mol. The fourth-order valence-corrected chi connectivity index (χ4v) is 7.80. The Bertz CT molecular complexity index is 2920. The van der Waals surface area contributed by atoms with Crippen LogP contribution in [0.1, 0.15) is 25.3 Å². The number of aryl methyl sites for hydroxylation is 1. The number of furan rings is 1. The van der Waals surface area contributed by atoms with Crippen molar-refractivity contribution < 1.29 is 4.42 Å². The van der Waals surface area contributed by atoms with Crippen molar-refractivity contribution in [3.8, 4) is 51.0 Å². The van der Waals surface area contributed by atoms with E-state index in [-0.39, 0.29) is 0 Å². The van der Waals surface area contributed by atoms with Crippen molar-refractivity contribution in [2.45, 2.75) is 26.2 Å². The maximum Gasteiger partial charge on any atom is 0.166 e. The molecule has 0 bridgehead atoms. The maximum absolute atomic E-state index is 6.57. The number of aromatic nitrogens is 4. The predicted octanol–water partition coefficient (Wildman–Crippen LogP) is 12.9. The maximum atomic E-state index is 6.57. The van der Waals surface area contributed by atoms with Gasteiger partial charge in [-0.2, -0.15) is 0 Å². The Balaban J connectivity index is 1.13. The zero-order valence-corrected chi connectivity index (χ0v) is 29.9. The molecule has 0 aliphatic carbocycles. The molecule has 7 aromatic carbocycles. The van der Waals surface area contributed by atoms with Crippen molar-refractivity contribution in [1.29, 1.82) is 0 Å². The van der Waals surface area contributed by atoms with E-state index in [1.165, 1.54) is 21.7 Å². The summed E-state index contributed by atoms with van der Waals surface area (Å²) in [5.74, 6) is 1.90. The second-order valence-electron chi connectivity index (χ2n) is 13.9. The molecule has 5 nitrogen and oxygen atoms in total. The predicted molar refractivity (Wildman–Crippen MR) is 222 cm³/mol. The topological polar surface area (TPSA) is 56.7 Å². The van der Waals surface area contributed by atoms with Crippen molar-refractivity contribution in [2.24, 2.45) is 0 Å².